The lowest BCUT2D eigenvalue weighted by atomic mass is 9.89. The molecule has 170 valence electrons. The zero-order chi connectivity index (χ0) is 23.3. The van der Waals surface area contributed by atoms with Crippen molar-refractivity contribution >= 4 is 24.0 Å². The Bertz CT molecular complexity index is 1140. The predicted molar refractivity (Wildman–Crippen MR) is 143 cm³/mol. The van der Waals surface area contributed by atoms with Crippen LogP contribution >= 0.6 is 0 Å². The van der Waals surface area contributed by atoms with Gasteiger partial charge in [-0.2, -0.15) is 0 Å². The van der Waals surface area contributed by atoms with Crippen LogP contribution in [0.5, 0.6) is 0 Å². The SMILES string of the molecule is Cc1cc(C2CCCC2)cc(-c2c3ccc([Si](C)(C)CC(C)(C)C)cc3cc[n+]2C)c1C. The number of hydrogen-bond donors (Lipinski definition) is 0. The molecule has 2 heteroatoms. The smallest absolute Gasteiger partial charge is 0.200 e. The average molecular weight is 445 g/mol. The highest BCUT2D eigenvalue weighted by Crippen LogP contribution is 2.38. The van der Waals surface area contributed by atoms with Crippen molar-refractivity contribution in [1.82, 2.24) is 0 Å². The molecule has 1 fully saturated rings. The van der Waals surface area contributed by atoms with Crippen molar-refractivity contribution in [2.45, 2.75) is 85.4 Å². The molecule has 32 heavy (non-hydrogen) atoms. The van der Waals surface area contributed by atoms with E-state index in [2.05, 4.69) is 102 Å². The molecule has 0 aliphatic heterocycles. The highest BCUT2D eigenvalue weighted by atomic mass is 28.3. The summed E-state index contributed by atoms with van der Waals surface area (Å²) in [6, 6.07) is 15.9. The van der Waals surface area contributed by atoms with E-state index in [0.717, 1.165) is 5.92 Å². The Labute approximate surface area is 196 Å². The molecule has 0 unspecified atom stereocenters. The molecule has 0 saturated heterocycles. The first kappa shape index (κ1) is 23.2. The topological polar surface area (TPSA) is 3.88 Å². The van der Waals surface area contributed by atoms with Gasteiger partial charge in [0, 0.05) is 6.07 Å². The Kier molecular flexibility index (Phi) is 6.13. The molecule has 0 N–H and O–H groups in total. The summed E-state index contributed by atoms with van der Waals surface area (Å²) >= 11 is 0. The van der Waals surface area contributed by atoms with Gasteiger partial charge in [-0.1, -0.05) is 70.1 Å². The summed E-state index contributed by atoms with van der Waals surface area (Å²) in [5.74, 6) is 0.740. The summed E-state index contributed by atoms with van der Waals surface area (Å²) in [5.41, 5.74) is 7.55. The standard InChI is InChI=1S/C30H42NSi/c1-21-17-25(23-11-9-10-12-23)19-28(22(21)2)29-27-14-13-26(18-24(27)15-16-31(29)6)32(7,8)20-30(3,4)5/h13-19,23H,9-12,20H2,1-8H3/q+1. The van der Waals surface area contributed by atoms with Gasteiger partial charge in [-0.15, -0.1) is 0 Å². The van der Waals surface area contributed by atoms with Crippen molar-refractivity contribution in [3.8, 4) is 11.3 Å². The first-order valence-corrected chi connectivity index (χ1v) is 15.7. The fourth-order valence-electron chi connectivity index (χ4n) is 6.18. The monoisotopic (exact) mass is 444 g/mol. The van der Waals surface area contributed by atoms with Gasteiger partial charge in [0.05, 0.1) is 19.0 Å². The summed E-state index contributed by atoms with van der Waals surface area (Å²) in [7, 11) is 0.711. The van der Waals surface area contributed by atoms with Gasteiger partial charge in [-0.25, -0.2) is 4.57 Å². The number of benzene rings is 2. The minimum atomic E-state index is -1.50. The summed E-state index contributed by atoms with van der Waals surface area (Å²) in [5, 5.41) is 4.34. The molecule has 1 nitrogen and oxygen atoms in total. The van der Waals surface area contributed by atoms with Crippen molar-refractivity contribution in [2.24, 2.45) is 12.5 Å². The second kappa shape index (κ2) is 8.45. The maximum atomic E-state index is 2.53. The third-order valence-corrected chi connectivity index (χ3v) is 11.5. The van der Waals surface area contributed by atoms with Crippen molar-refractivity contribution in [2.75, 3.05) is 0 Å². The van der Waals surface area contributed by atoms with Gasteiger partial charge < -0.3 is 0 Å². The number of pyridine rings is 1. The molecule has 4 rings (SSSR count). The van der Waals surface area contributed by atoms with Crippen molar-refractivity contribution in [1.29, 1.82) is 0 Å². The van der Waals surface area contributed by atoms with Gasteiger partial charge in [0.15, 0.2) is 6.20 Å². The second-order valence-electron chi connectivity index (χ2n) is 12.2. The van der Waals surface area contributed by atoms with Gasteiger partial charge >= 0.3 is 0 Å². The molecular weight excluding hydrogens is 402 g/mol. The summed E-state index contributed by atoms with van der Waals surface area (Å²) < 4.78 is 2.33. The van der Waals surface area contributed by atoms with Gasteiger partial charge in [0.1, 0.15) is 7.05 Å². The molecular formula is C30H42NSi+. The molecule has 1 heterocycles. The number of aromatic nitrogens is 1. The molecule has 3 aromatic rings. The lowest BCUT2D eigenvalue weighted by Crippen LogP contribution is -2.44. The van der Waals surface area contributed by atoms with Gasteiger partial charge in [0.25, 0.3) is 0 Å². The van der Waals surface area contributed by atoms with E-state index in [1.165, 1.54) is 64.9 Å². The van der Waals surface area contributed by atoms with E-state index in [4.69, 9.17) is 0 Å². The quantitative estimate of drug-likeness (QED) is 0.288. The highest BCUT2D eigenvalue weighted by Gasteiger charge is 2.30. The molecule has 0 spiro atoms. The molecule has 0 atom stereocenters. The highest BCUT2D eigenvalue weighted by molar-refractivity contribution is 6.90. The third-order valence-electron chi connectivity index (χ3n) is 7.66. The molecule has 1 aromatic heterocycles. The number of aryl methyl sites for hydroxylation is 2. The van der Waals surface area contributed by atoms with Crippen LogP contribution in [0.4, 0.5) is 0 Å². The fraction of sp³-hybridized carbons (Fsp3) is 0.500. The lowest BCUT2D eigenvalue weighted by Gasteiger charge is -2.31. The molecule has 0 amide bonds. The first-order chi connectivity index (χ1) is 15.0. The van der Waals surface area contributed by atoms with Gasteiger partial charge in [-0.3, -0.25) is 0 Å². The second-order valence-corrected chi connectivity index (χ2v) is 16.9. The molecule has 1 saturated carbocycles. The van der Waals surface area contributed by atoms with E-state index >= 15 is 0 Å². The number of rotatable bonds is 4. The largest absolute Gasteiger partial charge is 0.220 e. The van der Waals surface area contributed by atoms with E-state index < -0.39 is 8.07 Å². The first-order valence-electron chi connectivity index (χ1n) is 12.5. The Morgan fingerprint density at radius 2 is 1.66 bits per heavy atom. The zero-order valence-corrected chi connectivity index (χ0v) is 22.6. The molecule has 1 aliphatic rings. The van der Waals surface area contributed by atoms with Crippen LogP contribution in [0.1, 0.15) is 69.1 Å². The minimum absolute atomic E-state index is 0.369. The van der Waals surface area contributed by atoms with Crippen LogP contribution in [0.15, 0.2) is 42.6 Å². The van der Waals surface area contributed by atoms with Crippen LogP contribution in [0, 0.1) is 19.3 Å². The van der Waals surface area contributed by atoms with Crippen LogP contribution in [0.25, 0.3) is 22.0 Å². The summed E-state index contributed by atoms with van der Waals surface area (Å²) in [6.07, 6.45) is 7.72. The Balaban J connectivity index is 1.86. The number of nitrogens with zero attached hydrogens (tertiary/aromatic N) is 1. The van der Waals surface area contributed by atoms with Crippen LogP contribution in [-0.2, 0) is 7.05 Å². The van der Waals surface area contributed by atoms with E-state index in [-0.39, 0.29) is 0 Å². The van der Waals surface area contributed by atoms with Gasteiger partial charge in [0.2, 0.25) is 5.69 Å². The number of fused-ring (bicyclic) bond motifs is 1. The van der Waals surface area contributed by atoms with Gasteiger partial charge in [-0.05, 0) is 78.3 Å². The normalized spacial score (nSPS) is 15.6. The minimum Gasteiger partial charge on any atom is -0.200 e. The lowest BCUT2D eigenvalue weighted by molar-refractivity contribution is -0.659. The third kappa shape index (κ3) is 4.57. The van der Waals surface area contributed by atoms with Crippen LogP contribution in [0.2, 0.25) is 19.1 Å². The van der Waals surface area contributed by atoms with E-state index in [1.807, 2.05) is 0 Å². The molecule has 2 aromatic carbocycles. The average Bonchev–Trinajstić information content (AvgIpc) is 3.23. The van der Waals surface area contributed by atoms with Crippen molar-refractivity contribution in [3.05, 3.63) is 59.3 Å². The molecule has 0 bridgehead atoms. The van der Waals surface area contributed by atoms with Crippen LogP contribution < -0.4 is 9.75 Å². The Morgan fingerprint density at radius 1 is 0.969 bits per heavy atom. The molecule has 1 aliphatic carbocycles. The maximum Gasteiger partial charge on any atom is 0.220 e. The summed E-state index contributed by atoms with van der Waals surface area (Å²) in [6.45, 7) is 16.8. The Hall–Kier alpha value is -1.93. The number of hydrogen-bond acceptors (Lipinski definition) is 0. The van der Waals surface area contributed by atoms with Crippen molar-refractivity contribution < 1.29 is 4.57 Å². The maximum absolute atomic E-state index is 2.53. The van der Waals surface area contributed by atoms with Crippen LogP contribution in [0.3, 0.4) is 0 Å². The zero-order valence-electron chi connectivity index (χ0n) is 21.6. The fourth-order valence-corrected chi connectivity index (χ4v) is 10.1. The van der Waals surface area contributed by atoms with Crippen molar-refractivity contribution in [3.63, 3.8) is 0 Å². The van der Waals surface area contributed by atoms with E-state index in [9.17, 15) is 0 Å². The molecule has 0 radical (unpaired) electrons. The Morgan fingerprint density at radius 3 is 2.31 bits per heavy atom. The van der Waals surface area contributed by atoms with Crippen LogP contribution in [-0.4, -0.2) is 8.07 Å². The predicted octanol–water partition coefficient (Wildman–Crippen LogP) is 7.57. The van der Waals surface area contributed by atoms with E-state index in [1.54, 1.807) is 10.8 Å². The van der Waals surface area contributed by atoms with E-state index in [0.29, 0.717) is 5.41 Å². The summed E-state index contributed by atoms with van der Waals surface area (Å²) in [4.78, 5) is 0.